The van der Waals surface area contributed by atoms with Gasteiger partial charge in [0.05, 0.1) is 5.41 Å². The molecule has 2 aromatic carbocycles. The van der Waals surface area contributed by atoms with Gasteiger partial charge in [-0.1, -0.05) is 30.3 Å². The SMILES string of the molecule is CN1CCN(c2cccc(NC(=O)C3(c4ccc(-c5cnc(N)nc5)cc4)CCOCC3)c2)CC1. The summed E-state index contributed by atoms with van der Waals surface area (Å²) in [6.45, 7) is 5.17. The molecule has 0 bridgehead atoms. The maximum Gasteiger partial charge on any atom is 0.235 e. The number of piperazine rings is 1. The molecular weight excluding hydrogens is 440 g/mol. The Morgan fingerprint density at radius 2 is 1.66 bits per heavy atom. The molecule has 3 heterocycles. The first-order valence-corrected chi connectivity index (χ1v) is 12.1. The van der Waals surface area contributed by atoms with Crippen LogP contribution in [0.5, 0.6) is 0 Å². The molecular formula is C27H32N6O2. The van der Waals surface area contributed by atoms with E-state index in [9.17, 15) is 4.79 Å². The molecule has 35 heavy (non-hydrogen) atoms. The number of aromatic nitrogens is 2. The molecule has 0 radical (unpaired) electrons. The number of nitrogens with two attached hydrogens (primary N) is 1. The average Bonchev–Trinajstić information content (AvgIpc) is 2.90. The molecule has 0 unspecified atom stereocenters. The van der Waals surface area contributed by atoms with E-state index in [1.165, 1.54) is 0 Å². The zero-order chi connectivity index (χ0) is 24.3. The minimum absolute atomic E-state index is 0.0138. The number of ether oxygens (including phenoxy) is 1. The first kappa shape index (κ1) is 23.3. The normalized spacial score (nSPS) is 18.3. The molecule has 1 aromatic heterocycles. The fraction of sp³-hybridized carbons (Fsp3) is 0.370. The monoisotopic (exact) mass is 472 g/mol. The van der Waals surface area contributed by atoms with Crippen molar-refractivity contribution >= 4 is 23.2 Å². The van der Waals surface area contributed by atoms with Crippen molar-refractivity contribution in [2.75, 3.05) is 62.4 Å². The highest BCUT2D eigenvalue weighted by Gasteiger charge is 2.41. The van der Waals surface area contributed by atoms with Crippen LogP contribution in [0, 0.1) is 0 Å². The van der Waals surface area contributed by atoms with Gasteiger partial charge >= 0.3 is 0 Å². The van der Waals surface area contributed by atoms with Crippen molar-refractivity contribution in [1.82, 2.24) is 14.9 Å². The van der Waals surface area contributed by atoms with Crippen LogP contribution in [0.25, 0.3) is 11.1 Å². The van der Waals surface area contributed by atoms with E-state index in [0.29, 0.717) is 26.1 Å². The number of amides is 1. The minimum atomic E-state index is -0.641. The summed E-state index contributed by atoms with van der Waals surface area (Å²) in [6, 6.07) is 16.3. The predicted octanol–water partition coefficient (Wildman–Crippen LogP) is 3.16. The molecule has 2 aliphatic heterocycles. The smallest absolute Gasteiger partial charge is 0.235 e. The summed E-state index contributed by atoms with van der Waals surface area (Å²) in [6.07, 6.45) is 4.70. The Balaban J connectivity index is 1.37. The van der Waals surface area contributed by atoms with E-state index in [2.05, 4.69) is 44.3 Å². The number of benzene rings is 2. The summed E-state index contributed by atoms with van der Waals surface area (Å²) in [4.78, 5) is 26.7. The minimum Gasteiger partial charge on any atom is -0.381 e. The second-order valence-electron chi connectivity index (χ2n) is 9.40. The van der Waals surface area contributed by atoms with Crippen LogP contribution in [0.4, 0.5) is 17.3 Å². The molecule has 2 saturated heterocycles. The van der Waals surface area contributed by atoms with E-state index in [4.69, 9.17) is 10.5 Å². The molecule has 3 aromatic rings. The molecule has 3 N–H and O–H groups in total. The summed E-state index contributed by atoms with van der Waals surface area (Å²) in [5, 5.41) is 3.23. The van der Waals surface area contributed by atoms with Crippen molar-refractivity contribution in [3.8, 4) is 11.1 Å². The van der Waals surface area contributed by atoms with Gasteiger partial charge < -0.3 is 25.6 Å². The molecule has 0 atom stereocenters. The van der Waals surface area contributed by atoms with Crippen molar-refractivity contribution < 1.29 is 9.53 Å². The van der Waals surface area contributed by atoms with Crippen molar-refractivity contribution in [2.24, 2.45) is 0 Å². The van der Waals surface area contributed by atoms with Gasteiger partial charge in [-0.25, -0.2) is 9.97 Å². The third-order valence-electron chi connectivity index (χ3n) is 7.20. The van der Waals surface area contributed by atoms with Crippen molar-refractivity contribution in [3.05, 3.63) is 66.5 Å². The van der Waals surface area contributed by atoms with Crippen molar-refractivity contribution in [2.45, 2.75) is 18.3 Å². The number of hydrogen-bond donors (Lipinski definition) is 2. The Bertz CT molecular complexity index is 1150. The molecule has 8 heteroatoms. The van der Waals surface area contributed by atoms with Crippen LogP contribution < -0.4 is 16.0 Å². The number of nitrogen functional groups attached to an aromatic ring is 1. The lowest BCUT2D eigenvalue weighted by Gasteiger charge is -2.36. The zero-order valence-corrected chi connectivity index (χ0v) is 20.1. The maximum absolute atomic E-state index is 13.8. The predicted molar refractivity (Wildman–Crippen MR) is 138 cm³/mol. The third-order valence-corrected chi connectivity index (χ3v) is 7.20. The van der Waals surface area contributed by atoms with Crippen LogP contribution in [0.15, 0.2) is 60.9 Å². The highest BCUT2D eigenvalue weighted by atomic mass is 16.5. The number of rotatable bonds is 5. The number of anilines is 3. The topological polar surface area (TPSA) is 96.6 Å². The Morgan fingerprint density at radius 3 is 2.34 bits per heavy atom. The van der Waals surface area contributed by atoms with Crippen LogP contribution in [0.2, 0.25) is 0 Å². The van der Waals surface area contributed by atoms with Gasteiger partial charge in [-0.3, -0.25) is 4.79 Å². The molecule has 8 nitrogen and oxygen atoms in total. The lowest BCUT2D eigenvalue weighted by atomic mass is 9.73. The Hall–Kier alpha value is -3.49. The van der Waals surface area contributed by atoms with Gasteiger partial charge in [0, 0.05) is 68.7 Å². The van der Waals surface area contributed by atoms with Crippen LogP contribution >= 0.6 is 0 Å². The lowest BCUT2D eigenvalue weighted by Crippen LogP contribution is -2.45. The fourth-order valence-corrected chi connectivity index (χ4v) is 4.93. The number of likely N-dealkylation sites (N-methyl/N-ethyl adjacent to an activating group) is 1. The summed E-state index contributed by atoms with van der Waals surface area (Å²) in [5.74, 6) is 0.264. The number of carbonyl (C=O) groups is 1. The molecule has 0 saturated carbocycles. The van der Waals surface area contributed by atoms with Gasteiger partial charge in [0.2, 0.25) is 11.9 Å². The van der Waals surface area contributed by atoms with E-state index in [-0.39, 0.29) is 11.9 Å². The van der Waals surface area contributed by atoms with Gasteiger partial charge in [-0.2, -0.15) is 0 Å². The Morgan fingerprint density at radius 1 is 0.971 bits per heavy atom. The quantitative estimate of drug-likeness (QED) is 0.589. The number of nitrogens with zero attached hydrogens (tertiary/aromatic N) is 4. The highest BCUT2D eigenvalue weighted by molar-refractivity contribution is 5.99. The van der Waals surface area contributed by atoms with Crippen LogP contribution in [-0.2, 0) is 14.9 Å². The molecule has 1 amide bonds. The zero-order valence-electron chi connectivity index (χ0n) is 20.1. The summed E-state index contributed by atoms with van der Waals surface area (Å²) in [7, 11) is 2.15. The van der Waals surface area contributed by atoms with Crippen molar-refractivity contribution in [1.29, 1.82) is 0 Å². The van der Waals surface area contributed by atoms with E-state index in [0.717, 1.165) is 54.2 Å². The molecule has 0 aliphatic carbocycles. The van der Waals surface area contributed by atoms with Crippen LogP contribution in [0.3, 0.4) is 0 Å². The molecule has 5 rings (SSSR count). The Labute approximate surface area is 206 Å². The first-order chi connectivity index (χ1) is 17.0. The van der Waals surface area contributed by atoms with Gasteiger partial charge in [0.1, 0.15) is 0 Å². The van der Waals surface area contributed by atoms with E-state index >= 15 is 0 Å². The van der Waals surface area contributed by atoms with E-state index in [1.54, 1.807) is 12.4 Å². The highest BCUT2D eigenvalue weighted by Crippen LogP contribution is 2.37. The summed E-state index contributed by atoms with van der Waals surface area (Å²) < 4.78 is 5.64. The second kappa shape index (κ2) is 10.0. The average molecular weight is 473 g/mol. The van der Waals surface area contributed by atoms with E-state index < -0.39 is 5.41 Å². The Kier molecular flexibility index (Phi) is 6.66. The van der Waals surface area contributed by atoms with Gasteiger partial charge in [-0.05, 0) is 49.2 Å². The van der Waals surface area contributed by atoms with Gasteiger partial charge in [-0.15, -0.1) is 0 Å². The van der Waals surface area contributed by atoms with Crippen LogP contribution in [-0.4, -0.2) is 67.2 Å². The fourth-order valence-electron chi connectivity index (χ4n) is 4.93. The summed E-state index contributed by atoms with van der Waals surface area (Å²) in [5.41, 5.74) is 9.81. The molecule has 0 spiro atoms. The molecule has 182 valence electrons. The maximum atomic E-state index is 13.8. The lowest BCUT2D eigenvalue weighted by molar-refractivity contribution is -0.125. The largest absolute Gasteiger partial charge is 0.381 e. The number of hydrogen-bond acceptors (Lipinski definition) is 7. The standard InChI is InChI=1S/C27H32N6O2/c1-32-11-13-33(14-12-32)24-4-2-3-23(17-24)31-25(34)27(9-15-35-16-10-27)22-7-5-20(6-8-22)21-18-29-26(28)30-19-21/h2-8,17-19H,9-16H2,1H3,(H,31,34)(H2,28,29,30). The van der Waals surface area contributed by atoms with E-state index in [1.807, 2.05) is 36.4 Å². The number of nitrogens with one attached hydrogen (secondary N) is 1. The van der Waals surface area contributed by atoms with Gasteiger partial charge in [0.15, 0.2) is 0 Å². The third kappa shape index (κ3) is 4.99. The summed E-state index contributed by atoms with van der Waals surface area (Å²) >= 11 is 0. The molecule has 2 aliphatic rings. The van der Waals surface area contributed by atoms with Crippen LogP contribution in [0.1, 0.15) is 18.4 Å². The van der Waals surface area contributed by atoms with Crippen molar-refractivity contribution in [3.63, 3.8) is 0 Å². The number of carbonyl (C=O) groups excluding carboxylic acids is 1. The first-order valence-electron chi connectivity index (χ1n) is 12.1. The second-order valence-corrected chi connectivity index (χ2v) is 9.40. The molecule has 2 fully saturated rings. The van der Waals surface area contributed by atoms with Gasteiger partial charge in [0.25, 0.3) is 0 Å².